The predicted octanol–water partition coefficient (Wildman–Crippen LogP) is 5.70. The Labute approximate surface area is 184 Å². The molecule has 29 heavy (non-hydrogen) atoms. The molecular weight excluding hydrogens is 427 g/mol. The lowest BCUT2D eigenvalue weighted by Gasteiger charge is -2.18. The molecule has 0 fully saturated rings. The number of thioether (sulfide) groups is 1. The molecule has 8 heteroatoms. The summed E-state index contributed by atoms with van der Waals surface area (Å²) in [4.78, 5) is 12.2. The summed E-state index contributed by atoms with van der Waals surface area (Å²) < 4.78 is 1.89. The maximum Gasteiger partial charge on any atom is 0.223 e. The summed E-state index contributed by atoms with van der Waals surface area (Å²) in [5.74, 6) is 1.17. The summed E-state index contributed by atoms with van der Waals surface area (Å²) in [7, 11) is 0. The van der Waals surface area contributed by atoms with Crippen LogP contribution >= 0.6 is 35.0 Å². The van der Waals surface area contributed by atoms with Crippen LogP contribution in [0.2, 0.25) is 10.0 Å². The Morgan fingerprint density at radius 2 is 1.83 bits per heavy atom. The number of carbonyl (C=O) groups is 1. The molecule has 0 spiro atoms. The van der Waals surface area contributed by atoms with Crippen LogP contribution in [0.5, 0.6) is 0 Å². The van der Waals surface area contributed by atoms with Crippen molar-refractivity contribution in [2.45, 2.75) is 37.7 Å². The molecule has 1 atom stereocenters. The Morgan fingerprint density at radius 3 is 2.48 bits per heavy atom. The van der Waals surface area contributed by atoms with E-state index in [1.165, 1.54) is 5.56 Å². The van der Waals surface area contributed by atoms with Gasteiger partial charge in [-0.25, -0.2) is 0 Å². The number of carbonyl (C=O) groups excluding carboxylic acids is 1. The minimum atomic E-state index is -0.338. The van der Waals surface area contributed by atoms with Crippen LogP contribution in [0.3, 0.4) is 0 Å². The summed E-state index contributed by atoms with van der Waals surface area (Å²) in [5, 5.41) is 13.5. The zero-order chi connectivity index (χ0) is 21.0. The van der Waals surface area contributed by atoms with E-state index in [-0.39, 0.29) is 17.9 Å². The van der Waals surface area contributed by atoms with Crippen molar-refractivity contribution in [3.8, 4) is 5.69 Å². The lowest BCUT2D eigenvalue weighted by atomic mass is 10.2. The molecule has 0 aliphatic carbocycles. The normalized spacial score (nSPS) is 12.2. The number of hydrogen-bond donors (Lipinski definition) is 1. The number of nitrogens with one attached hydrogen (secondary N) is 1. The first kappa shape index (κ1) is 21.7. The molecule has 0 saturated carbocycles. The average Bonchev–Trinajstić information content (AvgIpc) is 3.11. The van der Waals surface area contributed by atoms with Gasteiger partial charge in [-0.1, -0.05) is 79.1 Å². The van der Waals surface area contributed by atoms with Gasteiger partial charge in [0.1, 0.15) is 0 Å². The van der Waals surface area contributed by atoms with Gasteiger partial charge in [-0.15, -0.1) is 10.2 Å². The average molecular weight is 449 g/mol. The van der Waals surface area contributed by atoms with E-state index in [0.29, 0.717) is 21.0 Å². The van der Waals surface area contributed by atoms with Crippen molar-refractivity contribution in [1.29, 1.82) is 0 Å². The van der Waals surface area contributed by atoms with Crippen LogP contribution in [0.25, 0.3) is 5.69 Å². The predicted molar refractivity (Wildman–Crippen MR) is 119 cm³/mol. The third-order valence-corrected chi connectivity index (χ3v) is 5.83. The number of amides is 1. The van der Waals surface area contributed by atoms with Crippen LogP contribution in [0.4, 0.5) is 0 Å². The van der Waals surface area contributed by atoms with E-state index in [0.717, 1.165) is 11.4 Å². The van der Waals surface area contributed by atoms with Gasteiger partial charge in [-0.3, -0.25) is 9.36 Å². The SMILES string of the molecule is CC(C)C(=O)NC(C)c1nnc(SCc2ccccc2)n1-c1ccc(Cl)cc1Cl. The lowest BCUT2D eigenvalue weighted by molar-refractivity contribution is -0.124. The molecule has 5 nitrogen and oxygen atoms in total. The van der Waals surface area contributed by atoms with Crippen molar-refractivity contribution in [2.24, 2.45) is 5.92 Å². The van der Waals surface area contributed by atoms with Crippen molar-refractivity contribution >= 4 is 40.9 Å². The monoisotopic (exact) mass is 448 g/mol. The van der Waals surface area contributed by atoms with Crippen LogP contribution in [0.15, 0.2) is 53.7 Å². The van der Waals surface area contributed by atoms with Crippen LogP contribution in [0, 0.1) is 5.92 Å². The quantitative estimate of drug-likeness (QED) is 0.470. The van der Waals surface area contributed by atoms with E-state index in [1.54, 1.807) is 23.9 Å². The fourth-order valence-electron chi connectivity index (χ4n) is 2.71. The highest BCUT2D eigenvalue weighted by molar-refractivity contribution is 7.98. The Bertz CT molecular complexity index is 992. The van der Waals surface area contributed by atoms with E-state index in [4.69, 9.17) is 23.2 Å². The second-order valence-corrected chi connectivity index (χ2v) is 8.72. The molecule has 0 radical (unpaired) electrons. The fraction of sp³-hybridized carbons (Fsp3) is 0.286. The minimum absolute atomic E-state index is 0.0484. The lowest BCUT2D eigenvalue weighted by Crippen LogP contribution is -2.31. The van der Waals surface area contributed by atoms with Crippen LogP contribution in [-0.2, 0) is 10.5 Å². The van der Waals surface area contributed by atoms with Crippen molar-refractivity contribution in [3.05, 3.63) is 70.0 Å². The molecule has 1 heterocycles. The summed E-state index contributed by atoms with van der Waals surface area (Å²) in [6.45, 7) is 5.59. The number of benzene rings is 2. The highest BCUT2D eigenvalue weighted by Gasteiger charge is 2.23. The van der Waals surface area contributed by atoms with Gasteiger partial charge in [0.25, 0.3) is 0 Å². The third kappa shape index (κ3) is 5.32. The molecule has 1 amide bonds. The van der Waals surface area contributed by atoms with Crippen LogP contribution < -0.4 is 5.32 Å². The molecule has 3 rings (SSSR count). The number of aromatic nitrogens is 3. The zero-order valence-corrected chi connectivity index (χ0v) is 18.7. The van der Waals surface area contributed by atoms with E-state index >= 15 is 0 Å². The molecule has 2 aromatic carbocycles. The second kappa shape index (κ2) is 9.65. The molecule has 0 saturated heterocycles. The molecular formula is C21H22Cl2N4OS. The van der Waals surface area contributed by atoms with Gasteiger partial charge < -0.3 is 5.32 Å². The molecule has 0 aliphatic rings. The number of halogens is 2. The fourth-order valence-corrected chi connectivity index (χ4v) is 4.11. The summed E-state index contributed by atoms with van der Waals surface area (Å²) in [5.41, 5.74) is 1.90. The first-order valence-corrected chi connectivity index (χ1v) is 11.0. The molecule has 1 aromatic heterocycles. The molecule has 0 bridgehead atoms. The van der Waals surface area contributed by atoms with E-state index in [1.807, 2.05) is 49.6 Å². The van der Waals surface area contributed by atoms with E-state index in [2.05, 4.69) is 27.6 Å². The summed E-state index contributed by atoms with van der Waals surface area (Å²) >= 11 is 14.1. The third-order valence-electron chi connectivity index (χ3n) is 4.29. The van der Waals surface area contributed by atoms with Crippen LogP contribution in [0.1, 0.15) is 38.2 Å². The smallest absolute Gasteiger partial charge is 0.223 e. The van der Waals surface area contributed by atoms with E-state index in [9.17, 15) is 4.79 Å². The number of hydrogen-bond acceptors (Lipinski definition) is 4. The van der Waals surface area contributed by atoms with Crippen molar-refractivity contribution in [1.82, 2.24) is 20.1 Å². The first-order chi connectivity index (χ1) is 13.9. The molecule has 1 unspecified atom stereocenters. The standard InChI is InChI=1S/C21H22Cl2N4OS/c1-13(2)20(28)24-14(3)19-25-26-21(29-12-15-7-5-4-6-8-15)27(19)18-10-9-16(22)11-17(18)23/h4-11,13-14H,12H2,1-3H3,(H,24,28). The Kier molecular flexibility index (Phi) is 7.22. The van der Waals surface area contributed by atoms with E-state index < -0.39 is 0 Å². The summed E-state index contributed by atoms with van der Waals surface area (Å²) in [6.07, 6.45) is 0. The first-order valence-electron chi connectivity index (χ1n) is 9.24. The van der Waals surface area contributed by atoms with Gasteiger partial charge in [0.15, 0.2) is 11.0 Å². The minimum Gasteiger partial charge on any atom is -0.346 e. The van der Waals surface area contributed by atoms with Crippen molar-refractivity contribution < 1.29 is 4.79 Å². The Hall–Kier alpha value is -2.02. The van der Waals surface area contributed by atoms with Crippen molar-refractivity contribution in [3.63, 3.8) is 0 Å². The van der Waals surface area contributed by atoms with Crippen molar-refractivity contribution in [2.75, 3.05) is 0 Å². The zero-order valence-electron chi connectivity index (χ0n) is 16.4. The second-order valence-electron chi connectivity index (χ2n) is 6.93. The van der Waals surface area contributed by atoms with Gasteiger partial charge >= 0.3 is 0 Å². The highest BCUT2D eigenvalue weighted by atomic mass is 35.5. The number of rotatable bonds is 7. The largest absolute Gasteiger partial charge is 0.346 e. The van der Waals surface area contributed by atoms with Gasteiger partial charge in [0.05, 0.1) is 16.8 Å². The molecule has 152 valence electrons. The maximum absolute atomic E-state index is 12.2. The van der Waals surface area contributed by atoms with Crippen LogP contribution in [-0.4, -0.2) is 20.7 Å². The molecule has 1 N–H and O–H groups in total. The number of nitrogens with zero attached hydrogens (tertiary/aromatic N) is 3. The Morgan fingerprint density at radius 1 is 1.10 bits per heavy atom. The molecule has 0 aliphatic heterocycles. The summed E-state index contributed by atoms with van der Waals surface area (Å²) in [6, 6.07) is 15.1. The maximum atomic E-state index is 12.2. The van der Waals surface area contributed by atoms with Gasteiger partial charge in [0, 0.05) is 16.7 Å². The van der Waals surface area contributed by atoms with Gasteiger partial charge in [-0.2, -0.15) is 0 Å². The van der Waals surface area contributed by atoms with Gasteiger partial charge in [0.2, 0.25) is 5.91 Å². The van der Waals surface area contributed by atoms with Gasteiger partial charge in [-0.05, 0) is 30.7 Å². The Balaban J connectivity index is 1.97. The highest BCUT2D eigenvalue weighted by Crippen LogP contribution is 2.32. The topological polar surface area (TPSA) is 59.8 Å². The molecule has 3 aromatic rings.